The minimum atomic E-state index is -0.103. The average molecular weight is 490 g/mol. The summed E-state index contributed by atoms with van der Waals surface area (Å²) in [5, 5.41) is 9.28. The van der Waals surface area contributed by atoms with Crippen molar-refractivity contribution in [3.05, 3.63) is 71.3 Å². The van der Waals surface area contributed by atoms with Crippen molar-refractivity contribution in [2.45, 2.75) is 26.3 Å². The number of pyridine rings is 1. The fraction of sp³-hybridized carbons (Fsp3) is 0.167. The number of nitrogens with one attached hydrogen (secondary N) is 1. The van der Waals surface area contributed by atoms with Crippen molar-refractivity contribution in [3.63, 3.8) is 0 Å². The van der Waals surface area contributed by atoms with Crippen LogP contribution in [0.25, 0.3) is 33.2 Å². The lowest BCUT2D eigenvalue weighted by molar-refractivity contribution is -0.116. The third-order valence-corrected chi connectivity index (χ3v) is 5.86. The minimum absolute atomic E-state index is 0.103. The summed E-state index contributed by atoms with van der Waals surface area (Å²) < 4.78 is 8.30. The van der Waals surface area contributed by atoms with Gasteiger partial charge >= 0.3 is 0 Å². The van der Waals surface area contributed by atoms with Crippen molar-refractivity contribution in [1.82, 2.24) is 19.7 Å². The average Bonchev–Trinajstić information content (AvgIpc) is 3.41. The number of hydrogen-bond acceptors (Lipinski definition) is 5. The van der Waals surface area contributed by atoms with Crippen molar-refractivity contribution in [2.75, 3.05) is 5.32 Å². The molecule has 0 atom stereocenters. The molecule has 0 bridgehead atoms. The van der Waals surface area contributed by atoms with Crippen LogP contribution in [0.4, 0.5) is 5.69 Å². The topological polar surface area (TPSA) is 85.8 Å². The van der Waals surface area contributed by atoms with Crippen LogP contribution in [0.1, 0.15) is 19.2 Å². The number of hydrogen-bond donors (Lipinski definition) is 1. The summed E-state index contributed by atoms with van der Waals surface area (Å²) in [7, 11) is 0. The van der Waals surface area contributed by atoms with Gasteiger partial charge in [-0.15, -0.1) is 0 Å². The Bertz CT molecular complexity index is 1420. The van der Waals surface area contributed by atoms with Gasteiger partial charge in [-0.3, -0.25) is 4.79 Å². The van der Waals surface area contributed by atoms with Crippen LogP contribution in [0.15, 0.2) is 69.9 Å². The van der Waals surface area contributed by atoms with Gasteiger partial charge in [0.15, 0.2) is 0 Å². The Balaban J connectivity index is 1.28. The number of fused-ring (bicyclic) bond motifs is 3. The molecule has 0 aliphatic heterocycles. The van der Waals surface area contributed by atoms with Crippen LogP contribution in [0, 0.1) is 0 Å². The van der Waals surface area contributed by atoms with E-state index in [1.165, 1.54) is 10.9 Å². The Kier molecular flexibility index (Phi) is 5.45. The molecule has 0 fully saturated rings. The first-order chi connectivity index (χ1) is 15.6. The van der Waals surface area contributed by atoms with Crippen molar-refractivity contribution in [2.24, 2.45) is 0 Å². The van der Waals surface area contributed by atoms with E-state index in [9.17, 15) is 4.79 Å². The van der Waals surface area contributed by atoms with Crippen LogP contribution < -0.4 is 5.32 Å². The van der Waals surface area contributed by atoms with Gasteiger partial charge in [-0.05, 0) is 59.3 Å². The highest BCUT2D eigenvalue weighted by atomic mass is 79.9. The Morgan fingerprint density at radius 2 is 1.94 bits per heavy atom. The summed E-state index contributed by atoms with van der Waals surface area (Å²) in [5.74, 6) is 0.770. The predicted octanol–water partition coefficient (Wildman–Crippen LogP) is 5.59. The van der Waals surface area contributed by atoms with Crippen LogP contribution in [-0.2, 0) is 17.8 Å². The Morgan fingerprint density at radius 1 is 1.09 bits per heavy atom. The molecule has 7 nitrogen and oxygen atoms in total. The molecule has 0 aliphatic carbocycles. The zero-order valence-corrected chi connectivity index (χ0v) is 19.0. The SMILES string of the molecule is CCn1c2ccccc2c2cc(NC(=O)CCc3nc(-c4ccc(Br)nc4)no3)ccc21. The number of aromatic nitrogens is 4. The molecule has 3 aromatic heterocycles. The maximum Gasteiger partial charge on any atom is 0.227 e. The van der Waals surface area contributed by atoms with Gasteiger partial charge < -0.3 is 14.4 Å². The van der Waals surface area contributed by atoms with E-state index >= 15 is 0 Å². The maximum atomic E-state index is 12.5. The molecular weight excluding hydrogens is 470 g/mol. The van der Waals surface area contributed by atoms with Gasteiger partial charge in [0.1, 0.15) is 4.60 Å². The van der Waals surface area contributed by atoms with Gasteiger partial charge in [-0.1, -0.05) is 23.4 Å². The molecule has 0 saturated carbocycles. The molecule has 1 N–H and O–H groups in total. The van der Waals surface area contributed by atoms with Crippen LogP contribution in [-0.4, -0.2) is 25.6 Å². The number of para-hydroxylation sites is 1. The largest absolute Gasteiger partial charge is 0.341 e. The first-order valence-corrected chi connectivity index (χ1v) is 11.2. The molecule has 8 heteroatoms. The number of anilines is 1. The fourth-order valence-corrected chi connectivity index (χ4v) is 4.13. The predicted molar refractivity (Wildman–Crippen MR) is 127 cm³/mol. The number of benzene rings is 2. The Morgan fingerprint density at radius 3 is 2.75 bits per heavy atom. The van der Waals surface area contributed by atoms with Gasteiger partial charge in [0.2, 0.25) is 17.6 Å². The van der Waals surface area contributed by atoms with Gasteiger partial charge in [0.25, 0.3) is 0 Å². The summed E-state index contributed by atoms with van der Waals surface area (Å²) in [6.07, 6.45) is 2.27. The lowest BCUT2D eigenvalue weighted by atomic mass is 10.1. The third kappa shape index (κ3) is 3.89. The second-order valence-corrected chi connectivity index (χ2v) is 8.24. The molecule has 5 aromatic rings. The van der Waals surface area contributed by atoms with E-state index in [4.69, 9.17) is 4.52 Å². The molecule has 3 heterocycles. The van der Waals surface area contributed by atoms with E-state index in [2.05, 4.69) is 66.1 Å². The summed E-state index contributed by atoms with van der Waals surface area (Å²) in [4.78, 5) is 21.1. The second-order valence-electron chi connectivity index (χ2n) is 7.42. The fourth-order valence-electron chi connectivity index (χ4n) is 3.90. The first-order valence-electron chi connectivity index (χ1n) is 10.4. The molecule has 160 valence electrons. The summed E-state index contributed by atoms with van der Waals surface area (Å²) in [5.41, 5.74) is 3.88. The molecule has 2 aromatic carbocycles. The number of amides is 1. The molecule has 1 amide bonds. The van der Waals surface area contributed by atoms with Crippen molar-refractivity contribution in [3.8, 4) is 11.4 Å². The number of nitrogens with zero attached hydrogens (tertiary/aromatic N) is 4. The number of rotatable bonds is 6. The van der Waals surface area contributed by atoms with Crippen LogP contribution in [0.5, 0.6) is 0 Å². The third-order valence-electron chi connectivity index (χ3n) is 5.39. The van der Waals surface area contributed by atoms with Crippen molar-refractivity contribution >= 4 is 49.3 Å². The Hall–Kier alpha value is -3.52. The van der Waals surface area contributed by atoms with E-state index < -0.39 is 0 Å². The highest BCUT2D eigenvalue weighted by Gasteiger charge is 2.13. The van der Waals surface area contributed by atoms with E-state index in [0.29, 0.717) is 18.1 Å². The Labute approximate surface area is 192 Å². The number of carbonyl (C=O) groups excluding carboxylic acids is 1. The van der Waals surface area contributed by atoms with Crippen LogP contribution in [0.2, 0.25) is 0 Å². The van der Waals surface area contributed by atoms with Gasteiger partial charge in [-0.2, -0.15) is 4.98 Å². The molecule has 0 aliphatic rings. The van der Waals surface area contributed by atoms with E-state index in [-0.39, 0.29) is 12.3 Å². The zero-order valence-electron chi connectivity index (χ0n) is 17.4. The highest BCUT2D eigenvalue weighted by molar-refractivity contribution is 9.10. The number of carbonyl (C=O) groups is 1. The molecule has 32 heavy (non-hydrogen) atoms. The van der Waals surface area contributed by atoms with Gasteiger partial charge in [0, 0.05) is 58.6 Å². The van der Waals surface area contributed by atoms with Crippen molar-refractivity contribution in [1.29, 1.82) is 0 Å². The number of aryl methyl sites for hydroxylation is 2. The summed E-state index contributed by atoms with van der Waals surface area (Å²) in [6.45, 7) is 3.02. The minimum Gasteiger partial charge on any atom is -0.341 e. The van der Waals surface area contributed by atoms with Crippen molar-refractivity contribution < 1.29 is 9.32 Å². The monoisotopic (exact) mass is 489 g/mol. The molecule has 5 rings (SSSR count). The highest BCUT2D eigenvalue weighted by Crippen LogP contribution is 2.31. The normalized spacial score (nSPS) is 11.3. The lowest BCUT2D eigenvalue weighted by Gasteiger charge is -2.06. The molecule has 0 spiro atoms. The lowest BCUT2D eigenvalue weighted by Crippen LogP contribution is -2.12. The van der Waals surface area contributed by atoms with Gasteiger partial charge in [-0.25, -0.2) is 4.98 Å². The summed E-state index contributed by atoms with van der Waals surface area (Å²) in [6, 6.07) is 18.0. The molecule has 0 radical (unpaired) electrons. The second kappa shape index (κ2) is 8.55. The number of halogens is 1. The standard InChI is InChI=1S/C24H20BrN5O2/c1-2-30-19-6-4-3-5-17(19)18-13-16(8-9-20(18)30)27-22(31)11-12-23-28-24(29-32-23)15-7-10-21(25)26-14-15/h3-10,13-14H,2,11-12H2,1H3,(H,27,31). The zero-order chi connectivity index (χ0) is 22.1. The summed E-state index contributed by atoms with van der Waals surface area (Å²) >= 11 is 3.30. The van der Waals surface area contributed by atoms with Crippen LogP contribution >= 0.6 is 15.9 Å². The smallest absolute Gasteiger partial charge is 0.227 e. The maximum absolute atomic E-state index is 12.5. The van der Waals surface area contributed by atoms with E-state index in [1.807, 2.05) is 36.4 Å². The molecule has 0 unspecified atom stereocenters. The molecule has 0 saturated heterocycles. The van der Waals surface area contributed by atoms with Crippen LogP contribution in [0.3, 0.4) is 0 Å². The quantitative estimate of drug-likeness (QED) is 0.314. The van der Waals surface area contributed by atoms with Gasteiger partial charge in [0.05, 0.1) is 0 Å². The van der Waals surface area contributed by atoms with E-state index in [0.717, 1.165) is 33.3 Å². The first kappa shape index (κ1) is 20.4. The molecular formula is C24H20BrN5O2. The van der Waals surface area contributed by atoms with E-state index in [1.54, 1.807) is 6.20 Å².